The average Bonchev–Trinajstić information content (AvgIpc) is 2.68. The van der Waals surface area contributed by atoms with Crippen molar-refractivity contribution in [1.82, 2.24) is 0 Å². The van der Waals surface area contributed by atoms with Gasteiger partial charge in [-0.1, -0.05) is 69.9 Å². The van der Waals surface area contributed by atoms with Gasteiger partial charge in [0.15, 0.2) is 0 Å². The van der Waals surface area contributed by atoms with E-state index in [1.807, 2.05) is 6.08 Å². The summed E-state index contributed by atoms with van der Waals surface area (Å²) < 4.78 is 0. The minimum atomic E-state index is 0.154. The highest BCUT2D eigenvalue weighted by Gasteiger charge is 1.95. The maximum absolute atomic E-state index is 8.90. The number of hydrogen-bond donors (Lipinski definition) is 1. The lowest BCUT2D eigenvalue weighted by molar-refractivity contribution is 0.341. The van der Waals surface area contributed by atoms with Crippen molar-refractivity contribution in [2.75, 3.05) is 6.61 Å². The van der Waals surface area contributed by atoms with Gasteiger partial charge in [0.1, 0.15) is 0 Å². The van der Waals surface area contributed by atoms with E-state index in [1.54, 1.807) is 0 Å². The lowest BCUT2D eigenvalue weighted by Crippen LogP contribution is -1.84. The van der Waals surface area contributed by atoms with E-state index in [0.717, 1.165) is 32.1 Å². The normalized spacial score (nSPS) is 14.3. The Labute approximate surface area is 194 Å². The Morgan fingerprint density at radius 2 is 0.677 bits per heavy atom. The number of aliphatic hydroxyl groups is 1. The van der Waals surface area contributed by atoms with Crippen molar-refractivity contribution in [1.29, 1.82) is 0 Å². The topological polar surface area (TPSA) is 20.2 Å². The third-order valence-electron chi connectivity index (χ3n) is 5.66. The zero-order valence-electron chi connectivity index (χ0n) is 21.7. The Kier molecular flexibility index (Phi) is 18.1. The summed E-state index contributed by atoms with van der Waals surface area (Å²) in [6.07, 6.45) is 25.3. The first kappa shape index (κ1) is 29.4. The first-order valence-corrected chi connectivity index (χ1v) is 12.3. The molecule has 1 heteroatoms. The first-order chi connectivity index (χ1) is 14.7. The van der Waals surface area contributed by atoms with Crippen molar-refractivity contribution in [3.05, 3.63) is 69.9 Å². The van der Waals surface area contributed by atoms with Gasteiger partial charge in [-0.3, -0.25) is 0 Å². The quantitative estimate of drug-likeness (QED) is 0.243. The van der Waals surface area contributed by atoms with Crippen molar-refractivity contribution >= 4 is 0 Å². The van der Waals surface area contributed by atoms with Crippen LogP contribution in [0.4, 0.5) is 0 Å². The smallest absolute Gasteiger partial charge is 0.0614 e. The summed E-state index contributed by atoms with van der Waals surface area (Å²) >= 11 is 0. The molecule has 0 rings (SSSR count). The van der Waals surface area contributed by atoms with Crippen molar-refractivity contribution in [2.24, 2.45) is 0 Å². The number of aliphatic hydroxyl groups excluding tert-OH is 1. The van der Waals surface area contributed by atoms with Gasteiger partial charge in [-0.2, -0.15) is 0 Å². The molecular weight excluding hydrogens is 376 g/mol. The summed E-state index contributed by atoms with van der Waals surface area (Å²) in [6.45, 7) is 15.6. The average molecular weight is 427 g/mol. The molecule has 0 aliphatic rings. The minimum absolute atomic E-state index is 0.154. The van der Waals surface area contributed by atoms with E-state index in [4.69, 9.17) is 5.11 Å². The monoisotopic (exact) mass is 426 g/mol. The maximum Gasteiger partial charge on any atom is 0.0614 e. The van der Waals surface area contributed by atoms with Crippen molar-refractivity contribution in [3.63, 3.8) is 0 Å². The minimum Gasteiger partial charge on any atom is -0.392 e. The largest absolute Gasteiger partial charge is 0.392 e. The lowest BCUT2D eigenvalue weighted by Gasteiger charge is -2.03. The predicted molar refractivity (Wildman–Crippen MR) is 141 cm³/mol. The molecule has 0 aromatic heterocycles. The summed E-state index contributed by atoms with van der Waals surface area (Å²) in [6, 6.07) is 0. The third-order valence-corrected chi connectivity index (χ3v) is 5.66. The van der Waals surface area contributed by atoms with Gasteiger partial charge in [0.2, 0.25) is 0 Å². The molecule has 0 saturated carbocycles. The van der Waals surface area contributed by atoms with Crippen LogP contribution in [0.15, 0.2) is 69.9 Å². The predicted octanol–water partition coefficient (Wildman–Crippen LogP) is 9.58. The molecule has 0 aliphatic heterocycles. The van der Waals surface area contributed by atoms with E-state index in [-0.39, 0.29) is 6.61 Å². The Bertz CT molecular complexity index is 661. The maximum atomic E-state index is 8.90. The molecule has 0 amide bonds. The van der Waals surface area contributed by atoms with Gasteiger partial charge in [0.05, 0.1) is 6.61 Å². The molecule has 1 nitrogen and oxygen atoms in total. The molecule has 0 spiro atoms. The van der Waals surface area contributed by atoms with E-state index in [2.05, 4.69) is 78.8 Å². The fourth-order valence-corrected chi connectivity index (χ4v) is 3.44. The van der Waals surface area contributed by atoms with Gasteiger partial charge in [0, 0.05) is 0 Å². The zero-order valence-corrected chi connectivity index (χ0v) is 21.7. The second-order valence-electron chi connectivity index (χ2n) is 9.41. The Hall–Kier alpha value is -1.60. The highest BCUT2D eigenvalue weighted by Crippen LogP contribution is 2.15. The number of rotatable bonds is 16. The molecule has 0 fully saturated rings. The molecule has 0 radical (unpaired) electrons. The van der Waals surface area contributed by atoms with Crippen LogP contribution in [0.1, 0.15) is 113 Å². The van der Waals surface area contributed by atoms with Gasteiger partial charge in [-0.05, 0) is 113 Å². The van der Waals surface area contributed by atoms with E-state index in [0.29, 0.717) is 0 Å². The van der Waals surface area contributed by atoms with Gasteiger partial charge < -0.3 is 5.11 Å². The van der Waals surface area contributed by atoms with Crippen molar-refractivity contribution < 1.29 is 5.11 Å². The van der Waals surface area contributed by atoms with Crippen LogP contribution in [0.5, 0.6) is 0 Å². The number of allylic oxidation sites excluding steroid dienone is 11. The van der Waals surface area contributed by atoms with Gasteiger partial charge >= 0.3 is 0 Å². The van der Waals surface area contributed by atoms with Crippen molar-refractivity contribution in [3.8, 4) is 0 Å². The van der Waals surface area contributed by atoms with E-state index < -0.39 is 0 Å². The summed E-state index contributed by atoms with van der Waals surface area (Å²) in [4.78, 5) is 0. The fourth-order valence-electron chi connectivity index (χ4n) is 3.44. The molecule has 0 aromatic rings. The van der Waals surface area contributed by atoms with E-state index in [1.165, 1.54) is 65.5 Å². The van der Waals surface area contributed by atoms with E-state index >= 15 is 0 Å². The van der Waals surface area contributed by atoms with Crippen LogP contribution in [0.2, 0.25) is 0 Å². The van der Waals surface area contributed by atoms with Crippen LogP contribution in [-0.4, -0.2) is 11.7 Å². The summed E-state index contributed by atoms with van der Waals surface area (Å²) in [5, 5.41) is 8.90. The molecule has 0 bridgehead atoms. The second kappa shape index (κ2) is 19.1. The highest BCUT2D eigenvalue weighted by atomic mass is 16.2. The summed E-state index contributed by atoms with van der Waals surface area (Å²) in [5.74, 6) is 0. The highest BCUT2D eigenvalue weighted by molar-refractivity contribution is 5.08. The van der Waals surface area contributed by atoms with Crippen LogP contribution in [0, 0.1) is 0 Å². The molecule has 0 aromatic carbocycles. The van der Waals surface area contributed by atoms with Gasteiger partial charge in [0.25, 0.3) is 0 Å². The van der Waals surface area contributed by atoms with Crippen LogP contribution < -0.4 is 0 Å². The summed E-state index contributed by atoms with van der Waals surface area (Å²) in [5.41, 5.74) is 8.71. The van der Waals surface area contributed by atoms with Gasteiger partial charge in [-0.25, -0.2) is 0 Å². The Morgan fingerprint density at radius 1 is 0.419 bits per heavy atom. The fraction of sp³-hybridized carbons (Fsp3) is 0.600. The Morgan fingerprint density at radius 3 is 0.935 bits per heavy atom. The Balaban J connectivity index is 4.09. The molecule has 1 N–H and O–H groups in total. The standard InChI is InChI=1S/C30H50O/c1-25(2)13-8-14-26(3)15-9-16-27(4)17-10-18-28(5)19-11-20-29(6)21-12-22-30(7)23-24-31/h13,15,17,19,21,23,31H,8-12,14,16,18,20,22,24H2,1-7H3/b26-15+,27-17-,28-19-,29-21-,30-23-. The zero-order chi connectivity index (χ0) is 23.5. The van der Waals surface area contributed by atoms with Crippen LogP contribution in [-0.2, 0) is 0 Å². The lowest BCUT2D eigenvalue weighted by atomic mass is 10.0. The first-order valence-electron chi connectivity index (χ1n) is 12.3. The molecule has 0 atom stereocenters. The molecule has 0 saturated heterocycles. The third kappa shape index (κ3) is 20.1. The van der Waals surface area contributed by atoms with Crippen LogP contribution >= 0.6 is 0 Å². The van der Waals surface area contributed by atoms with Crippen LogP contribution in [0.25, 0.3) is 0 Å². The van der Waals surface area contributed by atoms with Crippen molar-refractivity contribution in [2.45, 2.75) is 113 Å². The second-order valence-corrected chi connectivity index (χ2v) is 9.41. The summed E-state index contributed by atoms with van der Waals surface area (Å²) in [7, 11) is 0. The van der Waals surface area contributed by atoms with E-state index in [9.17, 15) is 0 Å². The number of hydrogen-bond acceptors (Lipinski definition) is 1. The van der Waals surface area contributed by atoms with Crippen LogP contribution in [0.3, 0.4) is 0 Å². The molecule has 176 valence electrons. The molecule has 0 unspecified atom stereocenters. The SMILES string of the molecule is CC(C)=CCC/C(C)=C/CC/C(C)=C\CC/C(C)=C\CC/C(C)=C\CC/C(C)=C\CO. The molecule has 0 aliphatic carbocycles. The molecule has 0 heterocycles. The van der Waals surface area contributed by atoms with Gasteiger partial charge in [-0.15, -0.1) is 0 Å². The molecule has 31 heavy (non-hydrogen) atoms. The molecular formula is C30H50O.